The molecule has 1 rings (SSSR count). The molecule has 0 saturated heterocycles. The standard InChI is InChI=1S/C17H25I2N/c18-13-9-5-2-1-3-6-10-14-20-15-11-7-4-8-12-17(19)16-20/h4,7-8,11-12,15-16H,1-3,5-6,9-10,13-14H2. The molecule has 0 bridgehead atoms. The first-order valence-corrected chi connectivity index (χ1v) is 10.1. The molecular weight excluding hydrogens is 472 g/mol. The van der Waals surface area contributed by atoms with E-state index in [0.29, 0.717) is 0 Å². The molecule has 0 aliphatic rings. The van der Waals surface area contributed by atoms with Crippen molar-refractivity contribution < 1.29 is 0 Å². The molecule has 1 aromatic heterocycles. The largest absolute Gasteiger partial charge is 0.353 e. The first-order valence-electron chi connectivity index (χ1n) is 7.53. The van der Waals surface area contributed by atoms with E-state index in [-0.39, 0.29) is 0 Å². The lowest BCUT2D eigenvalue weighted by Gasteiger charge is -2.05. The van der Waals surface area contributed by atoms with Crippen molar-refractivity contribution in [3.05, 3.63) is 46.3 Å². The minimum Gasteiger partial charge on any atom is -0.353 e. The molecule has 0 spiro atoms. The van der Waals surface area contributed by atoms with Crippen molar-refractivity contribution in [1.29, 1.82) is 0 Å². The second-order valence-corrected chi connectivity index (χ2v) is 7.33. The van der Waals surface area contributed by atoms with Crippen LogP contribution in [0.3, 0.4) is 0 Å². The predicted molar refractivity (Wildman–Crippen MR) is 106 cm³/mol. The number of nitrogens with zero attached hydrogens (tertiary/aromatic N) is 1. The molecular formula is C17H25I2N. The predicted octanol–water partition coefficient (Wildman–Crippen LogP) is 6.38. The van der Waals surface area contributed by atoms with Crippen LogP contribution >= 0.6 is 45.2 Å². The number of unbranched alkanes of at least 4 members (excludes halogenated alkanes) is 6. The Morgan fingerprint density at radius 2 is 1.45 bits per heavy atom. The topological polar surface area (TPSA) is 4.93 Å². The van der Waals surface area contributed by atoms with Gasteiger partial charge in [-0.3, -0.25) is 0 Å². The van der Waals surface area contributed by atoms with Gasteiger partial charge in [-0.05, 0) is 52.0 Å². The fourth-order valence-electron chi connectivity index (χ4n) is 2.09. The van der Waals surface area contributed by atoms with Gasteiger partial charge in [-0.1, -0.05) is 72.9 Å². The second kappa shape index (κ2) is 12.9. The molecule has 0 radical (unpaired) electrons. The van der Waals surface area contributed by atoms with Crippen molar-refractivity contribution in [3.63, 3.8) is 0 Å². The minimum absolute atomic E-state index is 1.12. The molecule has 0 saturated carbocycles. The molecule has 0 unspecified atom stereocenters. The van der Waals surface area contributed by atoms with Crippen molar-refractivity contribution >= 4 is 45.2 Å². The Hall–Kier alpha value is 0.220. The Morgan fingerprint density at radius 1 is 0.800 bits per heavy atom. The first kappa shape index (κ1) is 18.3. The third-order valence-corrected chi connectivity index (χ3v) is 4.61. The van der Waals surface area contributed by atoms with E-state index in [2.05, 4.69) is 92.5 Å². The summed E-state index contributed by atoms with van der Waals surface area (Å²) in [5.41, 5.74) is 0. The number of rotatable bonds is 9. The summed E-state index contributed by atoms with van der Waals surface area (Å²) in [6.45, 7) is 1.12. The van der Waals surface area contributed by atoms with Crippen LogP contribution in [-0.4, -0.2) is 8.99 Å². The van der Waals surface area contributed by atoms with Crippen molar-refractivity contribution in [1.82, 2.24) is 4.57 Å². The highest BCUT2D eigenvalue weighted by Gasteiger charge is 1.92. The Balaban J connectivity index is 2.25. The molecule has 112 valence electrons. The lowest BCUT2D eigenvalue weighted by Crippen LogP contribution is -1.96. The number of hydrogen-bond acceptors (Lipinski definition) is 0. The molecule has 0 aliphatic carbocycles. The van der Waals surface area contributed by atoms with E-state index in [1.54, 1.807) is 0 Å². The number of hydrogen-bond donors (Lipinski definition) is 0. The van der Waals surface area contributed by atoms with Crippen LogP contribution in [-0.2, 0) is 6.54 Å². The highest BCUT2D eigenvalue weighted by molar-refractivity contribution is 14.1. The van der Waals surface area contributed by atoms with Gasteiger partial charge in [0, 0.05) is 22.5 Å². The van der Waals surface area contributed by atoms with Gasteiger partial charge < -0.3 is 4.57 Å². The van der Waals surface area contributed by atoms with Gasteiger partial charge in [-0.25, -0.2) is 0 Å². The molecule has 0 aromatic carbocycles. The quantitative estimate of drug-likeness (QED) is 0.212. The van der Waals surface area contributed by atoms with E-state index in [1.165, 1.54) is 52.9 Å². The van der Waals surface area contributed by atoms with Gasteiger partial charge in [0.2, 0.25) is 0 Å². The molecule has 0 aliphatic heterocycles. The number of aryl methyl sites for hydroxylation is 1. The zero-order chi connectivity index (χ0) is 14.5. The molecule has 0 N–H and O–H groups in total. The van der Waals surface area contributed by atoms with Gasteiger partial charge in [0.05, 0.1) is 0 Å². The maximum atomic E-state index is 2.47. The Bertz CT molecular complexity index is 400. The van der Waals surface area contributed by atoms with E-state index in [4.69, 9.17) is 0 Å². The fraction of sp³-hybridized carbons (Fsp3) is 0.529. The molecule has 1 nitrogen and oxygen atoms in total. The average Bonchev–Trinajstić information content (AvgIpc) is 2.54. The summed E-state index contributed by atoms with van der Waals surface area (Å²) in [6, 6.07) is 10.5. The molecule has 1 aromatic rings. The van der Waals surface area contributed by atoms with E-state index in [0.717, 1.165) is 6.54 Å². The Labute approximate surface area is 151 Å². The highest BCUT2D eigenvalue weighted by Crippen LogP contribution is 2.09. The molecule has 0 amide bonds. The number of alkyl halides is 1. The van der Waals surface area contributed by atoms with E-state index < -0.39 is 0 Å². The monoisotopic (exact) mass is 497 g/mol. The van der Waals surface area contributed by atoms with Crippen molar-refractivity contribution in [2.24, 2.45) is 0 Å². The van der Waals surface area contributed by atoms with Crippen molar-refractivity contribution in [2.75, 3.05) is 4.43 Å². The van der Waals surface area contributed by atoms with Crippen molar-refractivity contribution in [3.8, 4) is 0 Å². The smallest absolute Gasteiger partial charge is 0.0292 e. The first-order chi connectivity index (χ1) is 9.83. The third-order valence-electron chi connectivity index (χ3n) is 3.21. The van der Waals surface area contributed by atoms with Crippen LogP contribution < -0.4 is 0 Å². The van der Waals surface area contributed by atoms with Crippen molar-refractivity contribution in [2.45, 2.75) is 51.5 Å². The average molecular weight is 497 g/mol. The van der Waals surface area contributed by atoms with Crippen LogP contribution in [0.1, 0.15) is 44.9 Å². The van der Waals surface area contributed by atoms with Crippen LogP contribution in [0.5, 0.6) is 0 Å². The van der Waals surface area contributed by atoms with Gasteiger partial charge in [0.1, 0.15) is 0 Å². The summed E-state index contributed by atoms with van der Waals surface area (Å²) in [7, 11) is 0. The molecule has 3 heteroatoms. The second-order valence-electron chi connectivity index (χ2n) is 5.00. The van der Waals surface area contributed by atoms with Crippen LogP contribution in [0.2, 0.25) is 0 Å². The van der Waals surface area contributed by atoms with Crippen LogP contribution in [0, 0.1) is 3.57 Å². The minimum atomic E-state index is 1.12. The molecule has 1 heterocycles. The third kappa shape index (κ3) is 10.0. The maximum absolute atomic E-state index is 2.47. The van der Waals surface area contributed by atoms with Gasteiger partial charge in [-0.15, -0.1) is 0 Å². The van der Waals surface area contributed by atoms with E-state index >= 15 is 0 Å². The summed E-state index contributed by atoms with van der Waals surface area (Å²) >= 11 is 4.85. The van der Waals surface area contributed by atoms with E-state index in [1.807, 2.05) is 0 Å². The summed E-state index contributed by atoms with van der Waals surface area (Å²) in [4.78, 5) is 0. The summed E-state index contributed by atoms with van der Waals surface area (Å²) in [6.07, 6.45) is 14.0. The van der Waals surface area contributed by atoms with Crippen LogP contribution in [0.15, 0.2) is 42.7 Å². The summed E-state index contributed by atoms with van der Waals surface area (Å²) in [5, 5.41) is 0. The summed E-state index contributed by atoms with van der Waals surface area (Å²) in [5.74, 6) is 0. The van der Waals surface area contributed by atoms with Gasteiger partial charge in [0.25, 0.3) is 0 Å². The van der Waals surface area contributed by atoms with E-state index in [9.17, 15) is 0 Å². The zero-order valence-electron chi connectivity index (χ0n) is 12.1. The lowest BCUT2D eigenvalue weighted by molar-refractivity contribution is 0.550. The highest BCUT2D eigenvalue weighted by atomic mass is 127. The van der Waals surface area contributed by atoms with Gasteiger partial charge in [-0.2, -0.15) is 0 Å². The SMILES string of the molecule is ICCCCCCCCCn1ccccccc(I)c1. The lowest BCUT2D eigenvalue weighted by atomic mass is 10.1. The molecule has 0 atom stereocenters. The number of halogens is 2. The Morgan fingerprint density at radius 3 is 2.20 bits per heavy atom. The van der Waals surface area contributed by atoms with Crippen LogP contribution in [0.4, 0.5) is 0 Å². The normalized spacial score (nSPS) is 10.3. The van der Waals surface area contributed by atoms with Gasteiger partial charge >= 0.3 is 0 Å². The number of aromatic nitrogens is 1. The Kier molecular flexibility index (Phi) is 11.8. The summed E-state index contributed by atoms with van der Waals surface area (Å²) < 4.78 is 4.89. The maximum Gasteiger partial charge on any atom is 0.0292 e. The molecule has 20 heavy (non-hydrogen) atoms. The zero-order valence-corrected chi connectivity index (χ0v) is 16.4. The van der Waals surface area contributed by atoms with Crippen LogP contribution in [0.25, 0.3) is 0 Å². The van der Waals surface area contributed by atoms with Gasteiger partial charge in [0.15, 0.2) is 0 Å². The molecule has 0 fully saturated rings. The fourth-order valence-corrected chi connectivity index (χ4v) is 3.20.